The second-order valence-corrected chi connectivity index (χ2v) is 5.76. The lowest BCUT2D eigenvalue weighted by Crippen LogP contribution is -2.44. The zero-order chi connectivity index (χ0) is 16.1. The molecule has 0 unspecified atom stereocenters. The number of methoxy groups -OCH3 is 1. The number of rotatable bonds is 5. The van der Waals surface area contributed by atoms with Crippen molar-refractivity contribution in [1.29, 1.82) is 0 Å². The maximum atomic E-state index is 5.23. The maximum absolute atomic E-state index is 5.23. The van der Waals surface area contributed by atoms with Crippen molar-refractivity contribution < 1.29 is 4.74 Å². The highest BCUT2D eigenvalue weighted by atomic mass is 16.5. The third kappa shape index (κ3) is 3.79. The standard InChI is InChI=1S/C18H24N4O/c1-3-4-15-13-17(22-11-9-19-10-12-22)21-18(20-15)14-5-7-16(23-2)8-6-14/h5-8,13,19H,3-4,9-12H2,1-2H3. The molecule has 1 aliphatic heterocycles. The molecule has 1 N–H and O–H groups in total. The molecule has 0 radical (unpaired) electrons. The van der Waals surface area contributed by atoms with Crippen molar-refractivity contribution in [2.24, 2.45) is 0 Å². The average molecular weight is 312 g/mol. The number of anilines is 1. The summed E-state index contributed by atoms with van der Waals surface area (Å²) in [5, 5.41) is 3.38. The Morgan fingerprint density at radius 1 is 1.13 bits per heavy atom. The van der Waals surface area contributed by atoms with Crippen molar-refractivity contribution >= 4 is 5.82 Å². The van der Waals surface area contributed by atoms with E-state index in [1.807, 2.05) is 24.3 Å². The highest BCUT2D eigenvalue weighted by Gasteiger charge is 2.15. The molecule has 0 bridgehead atoms. The smallest absolute Gasteiger partial charge is 0.161 e. The van der Waals surface area contributed by atoms with Crippen LogP contribution in [0.25, 0.3) is 11.4 Å². The van der Waals surface area contributed by atoms with E-state index in [4.69, 9.17) is 14.7 Å². The Hall–Kier alpha value is -2.14. The summed E-state index contributed by atoms with van der Waals surface area (Å²) in [6.45, 7) is 6.17. The van der Waals surface area contributed by atoms with E-state index in [9.17, 15) is 0 Å². The zero-order valence-electron chi connectivity index (χ0n) is 13.9. The van der Waals surface area contributed by atoms with Gasteiger partial charge in [0.15, 0.2) is 5.82 Å². The molecule has 1 aromatic carbocycles. The number of hydrogen-bond acceptors (Lipinski definition) is 5. The zero-order valence-corrected chi connectivity index (χ0v) is 13.9. The molecular weight excluding hydrogens is 288 g/mol. The first-order valence-electron chi connectivity index (χ1n) is 8.28. The van der Waals surface area contributed by atoms with E-state index in [0.717, 1.165) is 67.7 Å². The van der Waals surface area contributed by atoms with E-state index >= 15 is 0 Å². The lowest BCUT2D eigenvalue weighted by Gasteiger charge is -2.29. The van der Waals surface area contributed by atoms with Gasteiger partial charge in [-0.25, -0.2) is 9.97 Å². The molecule has 0 spiro atoms. The van der Waals surface area contributed by atoms with Crippen LogP contribution >= 0.6 is 0 Å². The Labute approximate surface area is 137 Å². The molecule has 1 aromatic heterocycles. The lowest BCUT2D eigenvalue weighted by atomic mass is 10.1. The minimum Gasteiger partial charge on any atom is -0.497 e. The first-order chi connectivity index (χ1) is 11.3. The van der Waals surface area contributed by atoms with E-state index in [1.54, 1.807) is 7.11 Å². The fourth-order valence-corrected chi connectivity index (χ4v) is 2.79. The Bertz CT molecular complexity index is 636. The Kier molecular flexibility index (Phi) is 5.08. The van der Waals surface area contributed by atoms with Crippen molar-refractivity contribution in [3.05, 3.63) is 36.0 Å². The van der Waals surface area contributed by atoms with Gasteiger partial charge in [-0.1, -0.05) is 13.3 Å². The van der Waals surface area contributed by atoms with Crippen LogP contribution < -0.4 is 15.0 Å². The first-order valence-corrected chi connectivity index (χ1v) is 8.28. The molecule has 3 rings (SSSR count). The van der Waals surface area contributed by atoms with Crippen LogP contribution in [0.1, 0.15) is 19.0 Å². The molecule has 122 valence electrons. The summed E-state index contributed by atoms with van der Waals surface area (Å²) >= 11 is 0. The van der Waals surface area contributed by atoms with Crippen LogP contribution in [0.4, 0.5) is 5.82 Å². The van der Waals surface area contributed by atoms with Gasteiger partial charge in [-0.15, -0.1) is 0 Å². The van der Waals surface area contributed by atoms with Gasteiger partial charge >= 0.3 is 0 Å². The van der Waals surface area contributed by atoms with E-state index in [1.165, 1.54) is 0 Å². The van der Waals surface area contributed by atoms with Crippen LogP contribution in [0.2, 0.25) is 0 Å². The number of ether oxygens (including phenoxy) is 1. The summed E-state index contributed by atoms with van der Waals surface area (Å²) in [7, 11) is 1.68. The molecule has 1 aliphatic rings. The van der Waals surface area contributed by atoms with Gasteiger partial charge in [0.2, 0.25) is 0 Å². The predicted octanol–water partition coefficient (Wildman–Crippen LogP) is 2.51. The number of aryl methyl sites for hydroxylation is 1. The molecule has 2 heterocycles. The van der Waals surface area contributed by atoms with Crippen LogP contribution in [0.5, 0.6) is 5.75 Å². The first kappa shape index (κ1) is 15.7. The largest absolute Gasteiger partial charge is 0.497 e. The van der Waals surface area contributed by atoms with Gasteiger partial charge in [-0.3, -0.25) is 0 Å². The van der Waals surface area contributed by atoms with Crippen molar-refractivity contribution in [2.75, 3.05) is 38.2 Å². The van der Waals surface area contributed by atoms with Gasteiger partial charge in [0.05, 0.1) is 7.11 Å². The van der Waals surface area contributed by atoms with Gasteiger partial charge in [-0.2, -0.15) is 0 Å². The minimum atomic E-state index is 0.798. The van der Waals surface area contributed by atoms with Crippen LogP contribution in [0.15, 0.2) is 30.3 Å². The molecule has 5 heteroatoms. The van der Waals surface area contributed by atoms with Gasteiger partial charge in [0.25, 0.3) is 0 Å². The maximum Gasteiger partial charge on any atom is 0.161 e. The molecule has 2 aromatic rings. The monoisotopic (exact) mass is 312 g/mol. The molecule has 5 nitrogen and oxygen atoms in total. The summed E-state index contributed by atoms with van der Waals surface area (Å²) in [6, 6.07) is 10.1. The van der Waals surface area contributed by atoms with Crippen LogP contribution in [0.3, 0.4) is 0 Å². The lowest BCUT2D eigenvalue weighted by molar-refractivity contribution is 0.415. The van der Waals surface area contributed by atoms with Gasteiger partial charge in [-0.05, 0) is 30.7 Å². The highest BCUT2D eigenvalue weighted by Crippen LogP contribution is 2.23. The number of piperazine rings is 1. The van der Waals surface area contributed by atoms with Gasteiger partial charge in [0, 0.05) is 43.5 Å². The average Bonchev–Trinajstić information content (AvgIpc) is 2.62. The normalized spacial score (nSPS) is 14.8. The summed E-state index contributed by atoms with van der Waals surface area (Å²) in [6.07, 6.45) is 2.06. The predicted molar refractivity (Wildman–Crippen MR) is 93.1 cm³/mol. The number of aromatic nitrogens is 2. The molecule has 23 heavy (non-hydrogen) atoms. The van der Waals surface area contributed by atoms with Crippen molar-refractivity contribution in [1.82, 2.24) is 15.3 Å². The SMILES string of the molecule is CCCc1cc(N2CCNCC2)nc(-c2ccc(OC)cc2)n1. The summed E-state index contributed by atoms with van der Waals surface area (Å²) in [5.74, 6) is 2.68. The minimum absolute atomic E-state index is 0.798. The number of benzene rings is 1. The second-order valence-electron chi connectivity index (χ2n) is 5.76. The van der Waals surface area contributed by atoms with Crippen LogP contribution in [-0.2, 0) is 6.42 Å². The molecule has 0 aliphatic carbocycles. The van der Waals surface area contributed by atoms with Crippen molar-refractivity contribution in [2.45, 2.75) is 19.8 Å². The molecule has 0 amide bonds. The van der Waals surface area contributed by atoms with Crippen molar-refractivity contribution in [3.63, 3.8) is 0 Å². The third-order valence-electron chi connectivity index (χ3n) is 4.06. The van der Waals surface area contributed by atoms with E-state index in [0.29, 0.717) is 0 Å². The van der Waals surface area contributed by atoms with Crippen LogP contribution in [0, 0.1) is 0 Å². The van der Waals surface area contributed by atoms with Crippen LogP contribution in [-0.4, -0.2) is 43.3 Å². The summed E-state index contributed by atoms with van der Waals surface area (Å²) < 4.78 is 5.23. The Morgan fingerprint density at radius 3 is 2.52 bits per heavy atom. The Balaban J connectivity index is 1.95. The van der Waals surface area contributed by atoms with Gasteiger partial charge in [0.1, 0.15) is 11.6 Å². The number of hydrogen-bond donors (Lipinski definition) is 1. The fraction of sp³-hybridized carbons (Fsp3) is 0.444. The highest BCUT2D eigenvalue weighted by molar-refractivity contribution is 5.59. The second kappa shape index (κ2) is 7.42. The number of nitrogens with zero attached hydrogens (tertiary/aromatic N) is 3. The molecular formula is C18H24N4O. The third-order valence-corrected chi connectivity index (χ3v) is 4.06. The molecule has 0 saturated carbocycles. The van der Waals surface area contributed by atoms with E-state index < -0.39 is 0 Å². The number of nitrogens with one attached hydrogen (secondary N) is 1. The van der Waals surface area contributed by atoms with Crippen molar-refractivity contribution in [3.8, 4) is 17.1 Å². The summed E-state index contributed by atoms with van der Waals surface area (Å²) in [4.78, 5) is 11.9. The van der Waals surface area contributed by atoms with E-state index in [2.05, 4.69) is 23.2 Å². The molecule has 1 fully saturated rings. The fourth-order valence-electron chi connectivity index (χ4n) is 2.79. The molecule has 0 atom stereocenters. The quantitative estimate of drug-likeness (QED) is 0.919. The topological polar surface area (TPSA) is 50.3 Å². The van der Waals surface area contributed by atoms with Gasteiger partial charge < -0.3 is 15.0 Å². The Morgan fingerprint density at radius 2 is 1.87 bits per heavy atom. The molecule has 1 saturated heterocycles. The van der Waals surface area contributed by atoms with E-state index in [-0.39, 0.29) is 0 Å². The summed E-state index contributed by atoms with van der Waals surface area (Å²) in [5.41, 5.74) is 2.14.